The lowest BCUT2D eigenvalue weighted by Gasteiger charge is -2.41. The number of hydrogen-bond donors (Lipinski definition) is 1. The molecule has 0 unspecified atom stereocenters. The largest absolute Gasteiger partial charge is 0.348 e. The van der Waals surface area contributed by atoms with Gasteiger partial charge in [0.25, 0.3) is 0 Å². The van der Waals surface area contributed by atoms with E-state index in [0.717, 1.165) is 24.2 Å². The van der Waals surface area contributed by atoms with Crippen molar-refractivity contribution in [3.05, 3.63) is 17.5 Å². The van der Waals surface area contributed by atoms with Crippen LogP contribution in [0.5, 0.6) is 0 Å². The van der Waals surface area contributed by atoms with Crippen LogP contribution in [-0.4, -0.2) is 21.4 Å². The quantitative estimate of drug-likeness (QED) is 0.804. The van der Waals surface area contributed by atoms with Crippen molar-refractivity contribution in [3.8, 4) is 0 Å². The van der Waals surface area contributed by atoms with Crippen molar-refractivity contribution in [2.75, 3.05) is 11.2 Å². The first-order chi connectivity index (χ1) is 7.13. The SMILES string of the molecule is Cc1cc(C)nc(NC2(CCl)CCC2)n1. The third-order valence-electron chi connectivity index (χ3n) is 2.93. The van der Waals surface area contributed by atoms with Crippen LogP contribution in [0, 0.1) is 13.8 Å². The molecule has 1 aromatic heterocycles. The van der Waals surface area contributed by atoms with Gasteiger partial charge in [-0.05, 0) is 39.2 Å². The Labute approximate surface area is 95.3 Å². The lowest BCUT2D eigenvalue weighted by atomic mass is 9.78. The Morgan fingerprint density at radius 1 is 1.33 bits per heavy atom. The van der Waals surface area contributed by atoms with Crippen molar-refractivity contribution in [1.82, 2.24) is 9.97 Å². The molecule has 15 heavy (non-hydrogen) atoms. The second-order valence-corrected chi connectivity index (χ2v) is 4.63. The van der Waals surface area contributed by atoms with Gasteiger partial charge < -0.3 is 5.32 Å². The zero-order chi connectivity index (χ0) is 10.9. The monoisotopic (exact) mass is 225 g/mol. The highest BCUT2D eigenvalue weighted by Crippen LogP contribution is 2.35. The van der Waals surface area contributed by atoms with Gasteiger partial charge in [0.15, 0.2) is 0 Å². The Kier molecular flexibility index (Phi) is 2.83. The lowest BCUT2D eigenvalue weighted by Crippen LogP contribution is -2.47. The average Bonchev–Trinajstić information content (AvgIpc) is 2.10. The molecule has 4 heteroatoms. The summed E-state index contributed by atoms with van der Waals surface area (Å²) in [7, 11) is 0. The second kappa shape index (κ2) is 3.97. The number of halogens is 1. The minimum atomic E-state index is 0.0434. The van der Waals surface area contributed by atoms with Gasteiger partial charge in [-0.3, -0.25) is 0 Å². The zero-order valence-electron chi connectivity index (χ0n) is 9.18. The van der Waals surface area contributed by atoms with E-state index in [2.05, 4.69) is 15.3 Å². The Bertz CT molecular complexity index is 335. The van der Waals surface area contributed by atoms with Crippen LogP contribution in [-0.2, 0) is 0 Å². The van der Waals surface area contributed by atoms with Crippen LogP contribution in [0.1, 0.15) is 30.7 Å². The van der Waals surface area contributed by atoms with Crippen LogP contribution in [0.15, 0.2) is 6.07 Å². The number of aromatic nitrogens is 2. The van der Waals surface area contributed by atoms with Gasteiger partial charge in [-0.1, -0.05) is 0 Å². The summed E-state index contributed by atoms with van der Waals surface area (Å²) in [6.07, 6.45) is 3.48. The molecule has 82 valence electrons. The molecule has 1 heterocycles. The van der Waals surface area contributed by atoms with Gasteiger partial charge in [0, 0.05) is 17.3 Å². The van der Waals surface area contributed by atoms with E-state index < -0.39 is 0 Å². The van der Waals surface area contributed by atoms with E-state index in [0.29, 0.717) is 11.8 Å². The topological polar surface area (TPSA) is 37.8 Å². The first-order valence-corrected chi connectivity index (χ1v) is 5.83. The molecule has 1 aromatic rings. The normalized spacial score (nSPS) is 18.3. The number of rotatable bonds is 3. The molecule has 0 aliphatic heterocycles. The third kappa shape index (κ3) is 2.23. The van der Waals surface area contributed by atoms with Crippen LogP contribution in [0.3, 0.4) is 0 Å². The minimum absolute atomic E-state index is 0.0434. The Balaban J connectivity index is 2.16. The summed E-state index contributed by atoms with van der Waals surface area (Å²) < 4.78 is 0. The number of aryl methyl sites for hydroxylation is 2. The van der Waals surface area contributed by atoms with Crippen molar-refractivity contribution in [3.63, 3.8) is 0 Å². The summed E-state index contributed by atoms with van der Waals surface area (Å²) in [5.41, 5.74) is 2.03. The minimum Gasteiger partial charge on any atom is -0.348 e. The fourth-order valence-electron chi connectivity index (χ4n) is 1.91. The van der Waals surface area contributed by atoms with E-state index in [4.69, 9.17) is 11.6 Å². The van der Waals surface area contributed by atoms with Gasteiger partial charge >= 0.3 is 0 Å². The van der Waals surface area contributed by atoms with E-state index >= 15 is 0 Å². The standard InChI is InChI=1S/C11H16ClN3/c1-8-6-9(2)14-10(13-8)15-11(7-12)4-3-5-11/h6H,3-5,7H2,1-2H3,(H,13,14,15). The highest BCUT2D eigenvalue weighted by Gasteiger charge is 2.36. The number of hydrogen-bond acceptors (Lipinski definition) is 3. The van der Waals surface area contributed by atoms with Crippen LogP contribution < -0.4 is 5.32 Å². The van der Waals surface area contributed by atoms with E-state index in [1.54, 1.807) is 0 Å². The highest BCUT2D eigenvalue weighted by molar-refractivity contribution is 6.18. The predicted molar refractivity (Wildman–Crippen MR) is 62.4 cm³/mol. The van der Waals surface area contributed by atoms with E-state index in [1.165, 1.54) is 6.42 Å². The maximum absolute atomic E-state index is 5.97. The van der Waals surface area contributed by atoms with Gasteiger partial charge in [0.05, 0.1) is 5.54 Å². The number of nitrogens with one attached hydrogen (secondary N) is 1. The summed E-state index contributed by atoms with van der Waals surface area (Å²) in [5, 5.41) is 3.37. The Morgan fingerprint density at radius 3 is 2.33 bits per heavy atom. The number of nitrogens with zero attached hydrogens (tertiary/aromatic N) is 2. The van der Waals surface area contributed by atoms with Crippen LogP contribution in [0.2, 0.25) is 0 Å². The van der Waals surface area contributed by atoms with Crippen LogP contribution in [0.25, 0.3) is 0 Å². The zero-order valence-corrected chi connectivity index (χ0v) is 9.93. The van der Waals surface area contributed by atoms with Gasteiger partial charge in [-0.25, -0.2) is 9.97 Å². The molecule has 0 aromatic carbocycles. The summed E-state index contributed by atoms with van der Waals surface area (Å²) in [4.78, 5) is 8.74. The third-order valence-corrected chi connectivity index (χ3v) is 3.44. The molecular formula is C11H16ClN3. The van der Waals surface area contributed by atoms with Crippen molar-refractivity contribution >= 4 is 17.5 Å². The van der Waals surface area contributed by atoms with Crippen molar-refractivity contribution < 1.29 is 0 Å². The number of anilines is 1. The van der Waals surface area contributed by atoms with Crippen molar-refractivity contribution in [2.24, 2.45) is 0 Å². The van der Waals surface area contributed by atoms with E-state index in [9.17, 15) is 0 Å². The molecule has 0 radical (unpaired) electrons. The summed E-state index contributed by atoms with van der Waals surface area (Å²) in [5.74, 6) is 1.34. The molecular weight excluding hydrogens is 210 g/mol. The Hall–Kier alpha value is -0.830. The molecule has 1 saturated carbocycles. The summed E-state index contributed by atoms with van der Waals surface area (Å²) >= 11 is 5.97. The second-order valence-electron chi connectivity index (χ2n) is 4.37. The van der Waals surface area contributed by atoms with E-state index in [1.807, 2.05) is 19.9 Å². The Morgan fingerprint density at radius 2 is 1.93 bits per heavy atom. The van der Waals surface area contributed by atoms with Gasteiger partial charge in [0.2, 0.25) is 5.95 Å². The van der Waals surface area contributed by atoms with Gasteiger partial charge in [-0.15, -0.1) is 11.6 Å². The molecule has 0 atom stereocenters. The molecule has 0 saturated heterocycles. The van der Waals surface area contributed by atoms with Crippen molar-refractivity contribution in [2.45, 2.75) is 38.6 Å². The molecule has 1 aliphatic rings. The fourth-order valence-corrected chi connectivity index (χ4v) is 2.25. The molecule has 1 aliphatic carbocycles. The molecule has 1 N–H and O–H groups in total. The van der Waals surface area contributed by atoms with Crippen LogP contribution in [0.4, 0.5) is 5.95 Å². The molecule has 1 fully saturated rings. The van der Waals surface area contributed by atoms with Gasteiger partial charge in [0.1, 0.15) is 0 Å². The average molecular weight is 226 g/mol. The highest BCUT2D eigenvalue weighted by atomic mass is 35.5. The maximum Gasteiger partial charge on any atom is 0.223 e. The maximum atomic E-state index is 5.97. The van der Waals surface area contributed by atoms with Gasteiger partial charge in [-0.2, -0.15) is 0 Å². The smallest absolute Gasteiger partial charge is 0.223 e. The molecule has 0 amide bonds. The molecule has 2 rings (SSSR count). The predicted octanol–water partition coefficient (Wildman–Crippen LogP) is 2.67. The number of alkyl halides is 1. The summed E-state index contributed by atoms with van der Waals surface area (Å²) in [6.45, 7) is 3.96. The molecule has 3 nitrogen and oxygen atoms in total. The first kappa shape index (κ1) is 10.7. The van der Waals surface area contributed by atoms with E-state index in [-0.39, 0.29) is 5.54 Å². The fraction of sp³-hybridized carbons (Fsp3) is 0.636. The first-order valence-electron chi connectivity index (χ1n) is 5.30. The molecule has 0 bridgehead atoms. The van der Waals surface area contributed by atoms with Crippen LogP contribution >= 0.6 is 11.6 Å². The summed E-state index contributed by atoms with van der Waals surface area (Å²) in [6, 6.07) is 1.97. The molecule has 0 spiro atoms. The van der Waals surface area contributed by atoms with Crippen molar-refractivity contribution in [1.29, 1.82) is 0 Å². The lowest BCUT2D eigenvalue weighted by molar-refractivity contribution is 0.309.